The molecule has 38 heavy (non-hydrogen) atoms. The molecule has 2 rings (SSSR count). The van der Waals surface area contributed by atoms with Crippen LogP contribution in [0.4, 0.5) is 0 Å². The van der Waals surface area contributed by atoms with Crippen LogP contribution in [0.5, 0.6) is 0 Å². The average molecular weight is 674 g/mol. The van der Waals surface area contributed by atoms with E-state index in [2.05, 4.69) is 16.7 Å². The van der Waals surface area contributed by atoms with Crippen LogP contribution in [0.3, 0.4) is 0 Å². The quantitative estimate of drug-likeness (QED) is 0.128. The fraction of sp³-hybridized carbons (Fsp3) is 1.00. The molecule has 2 aliphatic rings. The second kappa shape index (κ2) is 18.3. The maximum absolute atomic E-state index is 11.1. The van der Waals surface area contributed by atoms with Gasteiger partial charge in [0.15, 0.2) is 12.4 Å². The summed E-state index contributed by atoms with van der Waals surface area (Å²) in [5, 5.41) is 9.82. The van der Waals surface area contributed by atoms with E-state index in [4.69, 9.17) is 14.2 Å². The fourth-order valence-corrected chi connectivity index (χ4v) is 4.85. The normalized spacial score (nSPS) is 30.5. The van der Waals surface area contributed by atoms with E-state index in [1.807, 2.05) is 0 Å². The third-order valence-electron chi connectivity index (χ3n) is 3.94. The number of hydrogen-bond donors (Lipinski definition) is 1. The summed E-state index contributed by atoms with van der Waals surface area (Å²) in [5.41, 5.74) is 0. The largest absolute Gasteiger partial charge is 1.00 e. The summed E-state index contributed by atoms with van der Waals surface area (Å²) in [5.74, 6) is 0. The van der Waals surface area contributed by atoms with Gasteiger partial charge in [0.05, 0.1) is 19.8 Å². The average Bonchev–Trinajstić information content (AvgIpc) is 2.58. The number of ether oxygens (including phenoxy) is 3. The second-order valence-corrected chi connectivity index (χ2v) is 10.5. The first-order chi connectivity index (χ1) is 15.2. The molecule has 0 bridgehead atoms. The topological polar surface area (TPSA) is 314 Å². The predicted molar refractivity (Wildman–Crippen MR) is 89.7 cm³/mol. The summed E-state index contributed by atoms with van der Waals surface area (Å²) in [6.45, 7) is -2.55. The van der Waals surface area contributed by atoms with Gasteiger partial charge in [-0.05, 0) is 0 Å². The summed E-state index contributed by atoms with van der Waals surface area (Å²) < 4.78 is 163. The van der Waals surface area contributed by atoms with Crippen molar-refractivity contribution in [3.8, 4) is 0 Å². The van der Waals surface area contributed by atoms with Crippen molar-refractivity contribution in [2.45, 2.75) is 42.9 Å². The molecule has 1 N–H and O–H groups in total. The Balaban J connectivity index is -0.00000306. The van der Waals surface area contributed by atoms with Crippen molar-refractivity contribution < 1.29 is 206 Å². The van der Waals surface area contributed by atoms with Gasteiger partial charge in [-0.1, -0.05) is 0 Å². The first kappa shape index (κ1) is 45.7. The van der Waals surface area contributed by atoms with Crippen molar-refractivity contribution in [3.05, 3.63) is 0 Å². The molecule has 7 atom stereocenters. The molecule has 0 amide bonds. The molecule has 2 heterocycles. The van der Waals surface area contributed by atoms with Crippen LogP contribution in [0.1, 0.15) is 0 Å². The van der Waals surface area contributed by atoms with Gasteiger partial charge >= 0.3 is 118 Å². The minimum Gasteiger partial charge on any atom is -0.726 e. The first-order valence-electron chi connectivity index (χ1n) is 8.33. The van der Waals surface area contributed by atoms with E-state index in [-0.39, 0.29) is 118 Å². The van der Waals surface area contributed by atoms with Crippen LogP contribution in [0.2, 0.25) is 0 Å². The SMILES string of the molecule is O=S(=O)([O-])O[C@@H]1[C@@H](OS(=O)(=O)[O-])[C@H](O[C@@H]2COC[C@H](OS(=O)(=O)[O-])[C@H]2OS(=O)(=O)[O-])OC[C@H]1O.[Na+].[Na+].[Na+].[Na+]. The van der Waals surface area contributed by atoms with Crippen molar-refractivity contribution in [1.82, 2.24) is 0 Å². The Morgan fingerprint density at radius 2 is 0.974 bits per heavy atom. The van der Waals surface area contributed by atoms with Crippen LogP contribution in [-0.4, -0.2) is 120 Å². The third-order valence-corrected chi connectivity index (χ3v) is 5.79. The van der Waals surface area contributed by atoms with Gasteiger partial charge < -0.3 is 37.5 Å². The monoisotopic (exact) mass is 674 g/mol. The van der Waals surface area contributed by atoms with Crippen LogP contribution in [0, 0.1) is 0 Å². The summed E-state index contributed by atoms with van der Waals surface area (Å²) in [7, 11) is -22.6. The molecule has 202 valence electrons. The van der Waals surface area contributed by atoms with Crippen LogP contribution in [0.15, 0.2) is 0 Å². The third kappa shape index (κ3) is 17.0. The minimum absolute atomic E-state index is 0. The van der Waals surface area contributed by atoms with E-state index >= 15 is 0 Å². The molecule has 0 unspecified atom stereocenters. The van der Waals surface area contributed by atoms with Crippen molar-refractivity contribution in [2.24, 2.45) is 0 Å². The van der Waals surface area contributed by atoms with Crippen LogP contribution in [-0.2, 0) is 72.5 Å². The smallest absolute Gasteiger partial charge is 0.726 e. The fourth-order valence-electron chi connectivity index (χ4n) is 2.88. The summed E-state index contributed by atoms with van der Waals surface area (Å²) in [6.07, 6.45) is -15.7. The van der Waals surface area contributed by atoms with Crippen molar-refractivity contribution in [3.63, 3.8) is 0 Å². The molecule has 0 saturated carbocycles. The zero-order chi connectivity index (χ0) is 26.1. The molecule has 0 aliphatic carbocycles. The van der Waals surface area contributed by atoms with Gasteiger partial charge in [0.1, 0.15) is 30.5 Å². The molecule has 0 aromatic heterocycles. The zero-order valence-corrected chi connectivity index (χ0v) is 31.3. The molecular weight excluding hydrogens is 660 g/mol. The van der Waals surface area contributed by atoms with E-state index in [1.54, 1.807) is 0 Å². The van der Waals surface area contributed by atoms with Crippen molar-refractivity contribution in [2.75, 3.05) is 19.8 Å². The van der Waals surface area contributed by atoms with Gasteiger partial charge in [-0.25, -0.2) is 33.7 Å². The first-order valence-corrected chi connectivity index (χ1v) is 13.7. The summed E-state index contributed by atoms with van der Waals surface area (Å²) in [4.78, 5) is 0. The van der Waals surface area contributed by atoms with Gasteiger partial charge in [0.2, 0.25) is 41.6 Å². The van der Waals surface area contributed by atoms with Crippen molar-refractivity contribution in [1.29, 1.82) is 0 Å². The van der Waals surface area contributed by atoms with Gasteiger partial charge in [-0.2, -0.15) is 0 Å². The summed E-state index contributed by atoms with van der Waals surface area (Å²) in [6, 6.07) is 0. The van der Waals surface area contributed by atoms with Crippen LogP contribution >= 0.6 is 0 Å². The Morgan fingerprint density at radius 1 is 0.579 bits per heavy atom. The molecular formula is C10H14Na4O20S4. The van der Waals surface area contributed by atoms with E-state index in [1.165, 1.54) is 0 Å². The number of aliphatic hydroxyl groups is 1. The summed E-state index contributed by atoms with van der Waals surface area (Å²) >= 11 is 0. The number of hydrogen-bond acceptors (Lipinski definition) is 20. The maximum Gasteiger partial charge on any atom is 1.00 e. The molecule has 2 aliphatic heterocycles. The minimum atomic E-state index is -5.74. The van der Waals surface area contributed by atoms with E-state index in [9.17, 15) is 57.0 Å². The maximum atomic E-state index is 11.1. The van der Waals surface area contributed by atoms with Crippen molar-refractivity contribution >= 4 is 41.6 Å². The van der Waals surface area contributed by atoms with Crippen LogP contribution in [0.25, 0.3) is 0 Å². The predicted octanol–water partition coefficient (Wildman–Crippen LogP) is -17.5. The molecule has 2 saturated heterocycles. The van der Waals surface area contributed by atoms with E-state index < -0.39 is 104 Å². The number of aliphatic hydroxyl groups excluding tert-OH is 1. The second-order valence-electron chi connectivity index (χ2n) is 6.43. The van der Waals surface area contributed by atoms with Crippen LogP contribution < -0.4 is 118 Å². The molecule has 0 aromatic rings. The Bertz CT molecular complexity index is 1140. The number of rotatable bonds is 10. The Labute approximate surface area is 306 Å². The van der Waals surface area contributed by atoms with Gasteiger partial charge in [0.25, 0.3) is 0 Å². The van der Waals surface area contributed by atoms with Gasteiger partial charge in [-0.3, -0.25) is 16.7 Å². The Hall–Kier alpha value is 3.32. The molecule has 2 fully saturated rings. The standard InChI is InChI=1S/C10H18O20S4.4Na/c11-4-1-25-10(9(30-34(21,22)23)7(4)28-32(15,16)17)26-5-2-24-3-6(27-31(12,13)14)8(5)29-33(18,19)20;;;;/h4-11H,1-3H2,(H,12,13,14)(H,15,16,17)(H,18,19,20)(H,21,22,23);;;;/q;4*+1/p-4/t4-,5-,6+,7+,8+,9-,10+;;;;/m1..../s1. The van der Waals surface area contributed by atoms with Gasteiger partial charge in [0, 0.05) is 0 Å². The molecule has 0 radical (unpaired) electrons. The Kier molecular flexibility index (Phi) is 22.1. The van der Waals surface area contributed by atoms with E-state index in [0.29, 0.717) is 0 Å². The molecule has 20 nitrogen and oxygen atoms in total. The Morgan fingerprint density at radius 3 is 1.42 bits per heavy atom. The molecule has 28 heteroatoms. The molecule has 0 spiro atoms. The molecule has 0 aromatic carbocycles. The zero-order valence-electron chi connectivity index (χ0n) is 20.0. The van der Waals surface area contributed by atoms with E-state index in [0.717, 1.165) is 0 Å². The van der Waals surface area contributed by atoms with Gasteiger partial charge in [-0.15, -0.1) is 0 Å².